The predicted octanol–water partition coefficient (Wildman–Crippen LogP) is 4.56. The predicted molar refractivity (Wildman–Crippen MR) is 115 cm³/mol. The SMILES string of the molecule is O=C1CC(C(=O)N2CCN(c3ccccc3F)CC2)CN1Cc1cc(C(F)(F)F)cc(C(F)(F)F)c1. The van der Waals surface area contributed by atoms with Gasteiger partial charge in [-0.05, 0) is 35.9 Å². The maximum atomic E-state index is 14.0. The molecular formula is C24H22F7N3O2. The van der Waals surface area contributed by atoms with Crippen LogP contribution in [-0.4, -0.2) is 54.3 Å². The first-order valence-electron chi connectivity index (χ1n) is 11.2. The molecule has 0 radical (unpaired) electrons. The van der Waals surface area contributed by atoms with Gasteiger partial charge in [0.2, 0.25) is 11.8 Å². The van der Waals surface area contributed by atoms with E-state index in [9.17, 15) is 40.3 Å². The second kappa shape index (κ2) is 9.62. The molecule has 1 atom stereocenters. The third-order valence-electron chi connectivity index (χ3n) is 6.37. The summed E-state index contributed by atoms with van der Waals surface area (Å²) in [4.78, 5) is 29.9. The lowest BCUT2D eigenvalue weighted by atomic mass is 10.0. The lowest BCUT2D eigenvalue weighted by molar-refractivity contribution is -0.143. The Bertz CT molecular complexity index is 1110. The molecule has 4 rings (SSSR count). The Balaban J connectivity index is 1.41. The molecule has 5 nitrogen and oxygen atoms in total. The number of alkyl halides is 6. The number of anilines is 1. The van der Waals surface area contributed by atoms with E-state index in [1.54, 1.807) is 28.0 Å². The fourth-order valence-corrected chi connectivity index (χ4v) is 4.56. The van der Waals surface area contributed by atoms with Crippen molar-refractivity contribution >= 4 is 17.5 Å². The summed E-state index contributed by atoms with van der Waals surface area (Å²) in [5, 5.41) is 0. The van der Waals surface area contributed by atoms with Crippen LogP contribution in [0.15, 0.2) is 42.5 Å². The molecule has 2 aromatic carbocycles. The van der Waals surface area contributed by atoms with Crippen LogP contribution in [0.1, 0.15) is 23.1 Å². The molecule has 2 aromatic rings. The van der Waals surface area contributed by atoms with Crippen molar-refractivity contribution in [3.63, 3.8) is 0 Å². The highest BCUT2D eigenvalue weighted by molar-refractivity contribution is 5.89. The number of carbonyl (C=O) groups excluding carboxylic acids is 2. The van der Waals surface area contributed by atoms with Crippen LogP contribution in [0.3, 0.4) is 0 Å². The molecule has 0 N–H and O–H groups in total. The third kappa shape index (κ3) is 5.57. The molecule has 0 saturated carbocycles. The summed E-state index contributed by atoms with van der Waals surface area (Å²) in [5.74, 6) is -1.98. The standard InChI is InChI=1S/C24H22F7N3O2/c25-19-3-1-2-4-20(19)32-5-7-33(8-6-32)22(36)16-11-21(35)34(14-16)13-15-9-17(23(26,27)28)12-18(10-15)24(29,30)31/h1-4,9-10,12,16H,5-8,11,13-14H2. The van der Waals surface area contributed by atoms with Gasteiger partial charge in [-0.15, -0.1) is 0 Å². The third-order valence-corrected chi connectivity index (χ3v) is 6.37. The molecule has 2 aliphatic heterocycles. The van der Waals surface area contributed by atoms with Crippen molar-refractivity contribution in [3.05, 3.63) is 65.0 Å². The summed E-state index contributed by atoms with van der Waals surface area (Å²) >= 11 is 0. The molecule has 2 fully saturated rings. The summed E-state index contributed by atoms with van der Waals surface area (Å²) in [6, 6.07) is 7.45. The van der Waals surface area contributed by atoms with Gasteiger partial charge in [-0.2, -0.15) is 26.3 Å². The summed E-state index contributed by atoms with van der Waals surface area (Å²) in [6.07, 6.45) is -10.2. The van der Waals surface area contributed by atoms with Gasteiger partial charge in [0.15, 0.2) is 0 Å². The molecule has 2 saturated heterocycles. The molecule has 1 unspecified atom stereocenters. The molecular weight excluding hydrogens is 495 g/mol. The zero-order valence-electron chi connectivity index (χ0n) is 18.9. The Hall–Kier alpha value is -3.31. The van der Waals surface area contributed by atoms with Crippen molar-refractivity contribution in [1.29, 1.82) is 0 Å². The van der Waals surface area contributed by atoms with Gasteiger partial charge in [0.1, 0.15) is 5.82 Å². The maximum absolute atomic E-state index is 14.0. The Morgan fingerprint density at radius 3 is 2.03 bits per heavy atom. The highest BCUT2D eigenvalue weighted by atomic mass is 19.4. The van der Waals surface area contributed by atoms with E-state index < -0.39 is 41.8 Å². The first kappa shape index (κ1) is 25.8. The van der Waals surface area contributed by atoms with Crippen LogP contribution in [0.25, 0.3) is 0 Å². The van der Waals surface area contributed by atoms with Crippen molar-refractivity contribution < 1.29 is 40.3 Å². The van der Waals surface area contributed by atoms with Gasteiger partial charge >= 0.3 is 12.4 Å². The normalized spacial score (nSPS) is 19.2. The van der Waals surface area contributed by atoms with E-state index in [4.69, 9.17) is 0 Å². The lowest BCUT2D eigenvalue weighted by Crippen LogP contribution is -2.50. The van der Waals surface area contributed by atoms with E-state index >= 15 is 0 Å². The molecule has 2 amide bonds. The van der Waals surface area contributed by atoms with E-state index in [0.717, 1.165) is 4.90 Å². The second-order valence-electron chi connectivity index (χ2n) is 8.85. The quantitative estimate of drug-likeness (QED) is 0.559. The van der Waals surface area contributed by atoms with Crippen molar-refractivity contribution in [2.45, 2.75) is 25.3 Å². The van der Waals surface area contributed by atoms with Crippen LogP contribution in [0.4, 0.5) is 36.4 Å². The van der Waals surface area contributed by atoms with Gasteiger partial charge in [0, 0.05) is 45.7 Å². The Morgan fingerprint density at radius 2 is 1.47 bits per heavy atom. The van der Waals surface area contributed by atoms with Crippen molar-refractivity contribution in [2.24, 2.45) is 5.92 Å². The fourth-order valence-electron chi connectivity index (χ4n) is 4.56. The molecule has 12 heteroatoms. The number of hydrogen-bond acceptors (Lipinski definition) is 3. The van der Waals surface area contributed by atoms with Gasteiger partial charge < -0.3 is 14.7 Å². The molecule has 0 aromatic heterocycles. The number of benzene rings is 2. The monoisotopic (exact) mass is 517 g/mol. The zero-order chi connectivity index (χ0) is 26.3. The van der Waals surface area contributed by atoms with E-state index in [0.29, 0.717) is 44.0 Å². The number of carbonyl (C=O) groups is 2. The van der Waals surface area contributed by atoms with Crippen LogP contribution in [-0.2, 0) is 28.5 Å². The molecule has 36 heavy (non-hydrogen) atoms. The Kier molecular flexibility index (Phi) is 6.89. The van der Waals surface area contributed by atoms with Gasteiger partial charge in [-0.25, -0.2) is 4.39 Å². The van der Waals surface area contributed by atoms with E-state index in [2.05, 4.69) is 0 Å². The fraction of sp³-hybridized carbons (Fsp3) is 0.417. The number of amides is 2. The van der Waals surface area contributed by atoms with Crippen LogP contribution in [0.2, 0.25) is 0 Å². The topological polar surface area (TPSA) is 43.9 Å². The molecule has 194 valence electrons. The minimum atomic E-state index is -4.99. The average molecular weight is 517 g/mol. The molecule has 0 bridgehead atoms. The van der Waals surface area contributed by atoms with Crippen LogP contribution < -0.4 is 4.90 Å². The molecule has 2 aliphatic rings. The maximum Gasteiger partial charge on any atom is 0.416 e. The lowest BCUT2D eigenvalue weighted by Gasteiger charge is -2.37. The van der Waals surface area contributed by atoms with Crippen molar-refractivity contribution in [1.82, 2.24) is 9.80 Å². The number of nitrogens with zero attached hydrogens (tertiary/aromatic N) is 3. The van der Waals surface area contributed by atoms with Crippen LogP contribution >= 0.6 is 0 Å². The van der Waals surface area contributed by atoms with Gasteiger partial charge in [0.25, 0.3) is 0 Å². The summed E-state index contributed by atoms with van der Waals surface area (Å²) < 4.78 is 92.8. The van der Waals surface area contributed by atoms with Crippen molar-refractivity contribution in [3.8, 4) is 0 Å². The van der Waals surface area contributed by atoms with Gasteiger partial charge in [-0.3, -0.25) is 9.59 Å². The summed E-state index contributed by atoms with van der Waals surface area (Å²) in [5.41, 5.74) is -2.82. The number of halogens is 7. The van der Waals surface area contributed by atoms with E-state index in [1.807, 2.05) is 0 Å². The smallest absolute Gasteiger partial charge is 0.366 e. The highest BCUT2D eigenvalue weighted by Gasteiger charge is 2.39. The minimum Gasteiger partial charge on any atom is -0.366 e. The number of piperazine rings is 1. The van der Waals surface area contributed by atoms with Crippen LogP contribution in [0.5, 0.6) is 0 Å². The largest absolute Gasteiger partial charge is 0.416 e. The number of rotatable bonds is 4. The number of hydrogen-bond donors (Lipinski definition) is 0. The molecule has 0 spiro atoms. The minimum absolute atomic E-state index is 0.0303. The first-order chi connectivity index (χ1) is 16.8. The van der Waals surface area contributed by atoms with E-state index in [1.165, 1.54) is 6.07 Å². The first-order valence-corrected chi connectivity index (χ1v) is 11.2. The molecule has 2 heterocycles. The van der Waals surface area contributed by atoms with Crippen molar-refractivity contribution in [2.75, 3.05) is 37.6 Å². The second-order valence-corrected chi connectivity index (χ2v) is 8.85. The zero-order valence-corrected chi connectivity index (χ0v) is 18.9. The van der Waals surface area contributed by atoms with E-state index in [-0.39, 0.29) is 36.3 Å². The highest BCUT2D eigenvalue weighted by Crippen LogP contribution is 2.37. The Morgan fingerprint density at radius 1 is 0.889 bits per heavy atom. The molecule has 0 aliphatic carbocycles. The van der Waals surface area contributed by atoms with Gasteiger partial charge in [0.05, 0.1) is 22.7 Å². The van der Waals surface area contributed by atoms with Gasteiger partial charge in [-0.1, -0.05) is 12.1 Å². The summed E-state index contributed by atoms with van der Waals surface area (Å²) in [7, 11) is 0. The number of likely N-dealkylation sites (tertiary alicyclic amines) is 1. The Labute approximate surface area is 202 Å². The van der Waals surface area contributed by atoms with Crippen LogP contribution in [0, 0.1) is 11.7 Å². The summed E-state index contributed by atoms with van der Waals surface area (Å²) in [6.45, 7) is 0.753. The average Bonchev–Trinajstić information content (AvgIpc) is 3.17. The number of para-hydroxylation sites is 1.